The predicted molar refractivity (Wildman–Crippen MR) is 96.7 cm³/mol. The lowest BCUT2D eigenvalue weighted by Gasteiger charge is -2.37. The molecule has 1 aromatic carbocycles. The summed E-state index contributed by atoms with van der Waals surface area (Å²) in [5.41, 5.74) is 0.693. The number of hydrogen-bond acceptors (Lipinski definition) is 3. The standard InChI is InChI=1S/C19H22N4O3/c1-12(2)23-17(25)19(21-18(23)26)6-9-22(10-7-19)16(24)14-4-3-13-5-8-20-15(13)11-14/h3-5,8,11-12,20H,6-7,9-10H2,1-2H3,(H,21,26). The molecule has 0 saturated carbocycles. The van der Waals surface area contributed by atoms with Crippen molar-refractivity contribution in [2.45, 2.75) is 38.3 Å². The van der Waals surface area contributed by atoms with E-state index in [4.69, 9.17) is 0 Å². The molecule has 2 aliphatic heterocycles. The number of aromatic amines is 1. The van der Waals surface area contributed by atoms with Crippen molar-refractivity contribution in [2.75, 3.05) is 13.1 Å². The third kappa shape index (κ3) is 2.46. The van der Waals surface area contributed by atoms with Crippen LogP contribution in [0, 0.1) is 0 Å². The molecule has 4 amide bonds. The summed E-state index contributed by atoms with van der Waals surface area (Å²) in [6.45, 7) is 4.54. The van der Waals surface area contributed by atoms with Gasteiger partial charge in [0.1, 0.15) is 5.54 Å². The van der Waals surface area contributed by atoms with Crippen LogP contribution in [0.5, 0.6) is 0 Å². The van der Waals surface area contributed by atoms with Crippen LogP contribution in [0.25, 0.3) is 10.9 Å². The highest BCUT2D eigenvalue weighted by Crippen LogP contribution is 2.31. The number of rotatable bonds is 2. The molecule has 3 heterocycles. The number of likely N-dealkylation sites (tertiary alicyclic amines) is 1. The highest BCUT2D eigenvalue weighted by molar-refractivity contribution is 6.07. The van der Waals surface area contributed by atoms with Crippen molar-refractivity contribution in [3.05, 3.63) is 36.0 Å². The smallest absolute Gasteiger partial charge is 0.325 e. The van der Waals surface area contributed by atoms with E-state index in [1.807, 2.05) is 44.3 Å². The van der Waals surface area contributed by atoms with Crippen LogP contribution < -0.4 is 5.32 Å². The zero-order valence-electron chi connectivity index (χ0n) is 14.9. The van der Waals surface area contributed by atoms with Gasteiger partial charge in [0.05, 0.1) is 0 Å². The Morgan fingerprint density at radius 1 is 1.15 bits per heavy atom. The van der Waals surface area contributed by atoms with Gasteiger partial charge >= 0.3 is 6.03 Å². The SMILES string of the molecule is CC(C)N1C(=O)NC2(CCN(C(=O)c3ccc4cc[nH]c4c3)CC2)C1=O. The van der Waals surface area contributed by atoms with E-state index in [-0.39, 0.29) is 23.9 Å². The fourth-order valence-electron chi connectivity index (χ4n) is 3.90. The first-order chi connectivity index (χ1) is 12.4. The molecule has 2 aliphatic rings. The van der Waals surface area contributed by atoms with Crippen LogP contribution >= 0.6 is 0 Å². The van der Waals surface area contributed by atoms with Gasteiger partial charge in [0.15, 0.2) is 0 Å². The molecule has 7 nitrogen and oxygen atoms in total. The Bertz CT molecular complexity index is 893. The Balaban J connectivity index is 1.49. The van der Waals surface area contributed by atoms with E-state index in [1.165, 1.54) is 4.90 Å². The van der Waals surface area contributed by atoms with Gasteiger partial charge in [-0.25, -0.2) is 4.79 Å². The minimum atomic E-state index is -0.860. The highest BCUT2D eigenvalue weighted by Gasteiger charge is 2.53. The van der Waals surface area contributed by atoms with Gasteiger partial charge in [-0.15, -0.1) is 0 Å². The second-order valence-corrected chi connectivity index (χ2v) is 7.35. The van der Waals surface area contributed by atoms with Crippen molar-refractivity contribution < 1.29 is 14.4 Å². The number of imide groups is 1. The van der Waals surface area contributed by atoms with Gasteiger partial charge in [-0.1, -0.05) is 6.07 Å². The van der Waals surface area contributed by atoms with Crippen LogP contribution in [0.4, 0.5) is 4.79 Å². The number of fused-ring (bicyclic) bond motifs is 1. The molecule has 0 bridgehead atoms. The number of urea groups is 1. The fourth-order valence-corrected chi connectivity index (χ4v) is 3.90. The Labute approximate surface area is 151 Å². The molecule has 0 unspecified atom stereocenters. The second-order valence-electron chi connectivity index (χ2n) is 7.35. The lowest BCUT2D eigenvalue weighted by atomic mass is 9.87. The third-order valence-corrected chi connectivity index (χ3v) is 5.42. The second kappa shape index (κ2) is 5.86. The largest absolute Gasteiger partial charge is 0.361 e. The quantitative estimate of drug-likeness (QED) is 0.810. The molecule has 0 radical (unpaired) electrons. The number of carbonyl (C=O) groups is 3. The maximum Gasteiger partial charge on any atom is 0.325 e. The molecule has 7 heteroatoms. The van der Waals surface area contributed by atoms with Crippen molar-refractivity contribution in [3.63, 3.8) is 0 Å². The zero-order chi connectivity index (χ0) is 18.5. The molecule has 0 aliphatic carbocycles. The maximum atomic E-state index is 12.8. The molecule has 26 heavy (non-hydrogen) atoms. The predicted octanol–water partition coefficient (Wildman–Crippen LogP) is 2.10. The third-order valence-electron chi connectivity index (χ3n) is 5.42. The van der Waals surface area contributed by atoms with E-state index < -0.39 is 5.54 Å². The van der Waals surface area contributed by atoms with Gasteiger partial charge in [-0.2, -0.15) is 0 Å². The number of aromatic nitrogens is 1. The lowest BCUT2D eigenvalue weighted by Crippen LogP contribution is -2.56. The van der Waals surface area contributed by atoms with E-state index in [0.29, 0.717) is 31.5 Å². The summed E-state index contributed by atoms with van der Waals surface area (Å²) < 4.78 is 0. The summed E-state index contributed by atoms with van der Waals surface area (Å²) in [6.07, 6.45) is 2.73. The molecule has 2 aromatic rings. The Morgan fingerprint density at radius 2 is 1.88 bits per heavy atom. The number of H-pyrrole nitrogens is 1. The summed E-state index contributed by atoms with van der Waals surface area (Å²) in [7, 11) is 0. The van der Waals surface area contributed by atoms with Crippen molar-refractivity contribution in [3.8, 4) is 0 Å². The first kappa shape index (κ1) is 16.6. The average Bonchev–Trinajstić information content (AvgIpc) is 3.17. The zero-order valence-corrected chi connectivity index (χ0v) is 14.9. The minimum absolute atomic E-state index is 0.0474. The topological polar surface area (TPSA) is 85.5 Å². The van der Waals surface area contributed by atoms with E-state index in [1.54, 1.807) is 4.90 Å². The monoisotopic (exact) mass is 354 g/mol. The van der Waals surface area contributed by atoms with Crippen LogP contribution in [0.1, 0.15) is 37.0 Å². The summed E-state index contributed by atoms with van der Waals surface area (Å²) in [5.74, 6) is -0.216. The first-order valence-corrected chi connectivity index (χ1v) is 8.93. The van der Waals surface area contributed by atoms with Crippen LogP contribution in [0.2, 0.25) is 0 Å². The van der Waals surface area contributed by atoms with Crippen LogP contribution in [-0.2, 0) is 4.79 Å². The van der Waals surface area contributed by atoms with Gasteiger partial charge < -0.3 is 15.2 Å². The molecule has 2 fully saturated rings. The van der Waals surface area contributed by atoms with Crippen molar-refractivity contribution >= 4 is 28.7 Å². The minimum Gasteiger partial charge on any atom is -0.361 e. The molecule has 0 atom stereocenters. The van der Waals surface area contributed by atoms with Gasteiger partial charge in [0, 0.05) is 36.4 Å². The first-order valence-electron chi connectivity index (χ1n) is 8.93. The van der Waals surface area contributed by atoms with E-state index in [2.05, 4.69) is 10.3 Å². The summed E-state index contributed by atoms with van der Waals surface area (Å²) in [5, 5.41) is 3.93. The number of benzene rings is 1. The molecule has 4 rings (SSSR count). The molecule has 1 aromatic heterocycles. The molecule has 2 saturated heterocycles. The van der Waals surface area contributed by atoms with Crippen LogP contribution in [0.15, 0.2) is 30.5 Å². The van der Waals surface area contributed by atoms with Crippen molar-refractivity contribution in [1.29, 1.82) is 0 Å². The Morgan fingerprint density at radius 3 is 2.54 bits per heavy atom. The van der Waals surface area contributed by atoms with E-state index >= 15 is 0 Å². The number of amides is 4. The molecule has 136 valence electrons. The van der Waals surface area contributed by atoms with Crippen molar-refractivity contribution in [2.24, 2.45) is 0 Å². The molecular formula is C19H22N4O3. The van der Waals surface area contributed by atoms with Gasteiger partial charge in [-0.05, 0) is 50.3 Å². The van der Waals surface area contributed by atoms with Gasteiger partial charge in [-0.3, -0.25) is 14.5 Å². The fraction of sp³-hybridized carbons (Fsp3) is 0.421. The lowest BCUT2D eigenvalue weighted by molar-refractivity contribution is -0.133. The van der Waals surface area contributed by atoms with Crippen LogP contribution in [0.3, 0.4) is 0 Å². The maximum absolute atomic E-state index is 12.8. The van der Waals surface area contributed by atoms with Crippen molar-refractivity contribution in [1.82, 2.24) is 20.1 Å². The number of nitrogens with zero attached hydrogens (tertiary/aromatic N) is 2. The summed E-state index contributed by atoms with van der Waals surface area (Å²) in [6, 6.07) is 7.06. The normalized spacial score (nSPS) is 19.7. The highest BCUT2D eigenvalue weighted by atomic mass is 16.2. The number of piperidine rings is 1. The van der Waals surface area contributed by atoms with E-state index in [0.717, 1.165) is 10.9 Å². The van der Waals surface area contributed by atoms with Gasteiger partial charge in [0.25, 0.3) is 11.8 Å². The molecular weight excluding hydrogens is 332 g/mol. The van der Waals surface area contributed by atoms with Gasteiger partial charge in [0.2, 0.25) is 0 Å². The van der Waals surface area contributed by atoms with E-state index in [9.17, 15) is 14.4 Å². The Kier molecular flexibility index (Phi) is 3.75. The molecule has 1 spiro atoms. The van der Waals surface area contributed by atoms with Crippen LogP contribution in [-0.4, -0.2) is 57.3 Å². The molecule has 2 N–H and O–H groups in total. The number of carbonyl (C=O) groups excluding carboxylic acids is 3. The number of nitrogens with one attached hydrogen (secondary N) is 2. The summed E-state index contributed by atoms with van der Waals surface area (Å²) in [4.78, 5) is 43.9. The Hall–Kier alpha value is -2.83. The number of hydrogen-bond donors (Lipinski definition) is 2. The summed E-state index contributed by atoms with van der Waals surface area (Å²) >= 11 is 0. The average molecular weight is 354 g/mol.